The number of aryl methyl sites for hydroxylation is 1. The molecule has 9 heteroatoms. The molecule has 4 aromatic rings. The van der Waals surface area contributed by atoms with Crippen LogP contribution in [0.1, 0.15) is 56.0 Å². The van der Waals surface area contributed by atoms with Crippen LogP contribution in [0.15, 0.2) is 65.3 Å². The molecule has 0 spiro atoms. The first kappa shape index (κ1) is 30.2. The monoisotopic (exact) mass is 615 g/mol. The van der Waals surface area contributed by atoms with Gasteiger partial charge in [0.2, 0.25) is 5.91 Å². The maximum absolute atomic E-state index is 14.6. The lowest BCUT2D eigenvalue weighted by molar-refractivity contribution is -0.148. The molecule has 2 amide bonds. The Morgan fingerprint density at radius 2 is 1.84 bits per heavy atom. The SMILES string of the molecule is COc1ccc(NC(=O)C2(N(Cc3ccco3)C(=O)C[C@@H]3[C@H](c4c(C)[nH]c5ccccc45)C3(C)C)CCSCC2)c(OC)c1. The summed E-state index contributed by atoms with van der Waals surface area (Å²) in [5.41, 5.74) is 3.02. The number of ether oxygens (including phenoxy) is 2. The van der Waals surface area contributed by atoms with Crippen LogP contribution in [-0.2, 0) is 16.1 Å². The number of thioether (sulfide) groups is 1. The number of aromatic nitrogens is 1. The molecule has 0 bridgehead atoms. The number of methoxy groups -OCH3 is 2. The zero-order valence-electron chi connectivity index (χ0n) is 26.1. The highest BCUT2D eigenvalue weighted by Crippen LogP contribution is 2.67. The van der Waals surface area contributed by atoms with Gasteiger partial charge in [0, 0.05) is 29.1 Å². The standard InChI is InChI=1S/C35H41N3O5S/c1-22-31(25-10-6-7-11-27(25)36-22)32-26(34(32,2)3)20-30(39)38(21-24-9-8-16-43-24)35(14-17-44-18-15-35)33(40)37-28-13-12-23(41-4)19-29(28)42-5/h6-13,16,19,26,32,36H,14-15,17-18,20-21H2,1-5H3,(H,37,40)/t26-,32-/m1/s1. The van der Waals surface area contributed by atoms with Gasteiger partial charge < -0.3 is 29.1 Å². The Hall–Kier alpha value is -3.85. The van der Waals surface area contributed by atoms with Crippen molar-refractivity contribution in [3.63, 3.8) is 0 Å². The number of nitrogens with one attached hydrogen (secondary N) is 2. The van der Waals surface area contributed by atoms with Crippen LogP contribution < -0.4 is 14.8 Å². The van der Waals surface area contributed by atoms with Crippen LogP contribution in [0.5, 0.6) is 11.5 Å². The molecule has 2 fully saturated rings. The fraction of sp³-hybridized carbons (Fsp3) is 0.429. The Kier molecular flexibility index (Phi) is 8.18. The number of carbonyl (C=O) groups excluding carboxylic acids is 2. The first-order valence-corrected chi connectivity index (χ1v) is 16.4. The number of amides is 2. The van der Waals surface area contributed by atoms with E-state index in [1.54, 1.807) is 38.7 Å². The number of carbonyl (C=O) groups is 2. The third-order valence-electron chi connectivity index (χ3n) is 9.81. The maximum Gasteiger partial charge on any atom is 0.250 e. The predicted molar refractivity (Wildman–Crippen MR) is 174 cm³/mol. The van der Waals surface area contributed by atoms with Crippen molar-refractivity contribution in [3.05, 3.63) is 77.9 Å². The van der Waals surface area contributed by atoms with Crippen LogP contribution >= 0.6 is 11.8 Å². The van der Waals surface area contributed by atoms with Crippen molar-refractivity contribution in [2.24, 2.45) is 11.3 Å². The van der Waals surface area contributed by atoms with E-state index in [2.05, 4.69) is 49.3 Å². The van der Waals surface area contributed by atoms with Gasteiger partial charge in [-0.25, -0.2) is 0 Å². The molecule has 8 nitrogen and oxygen atoms in total. The lowest BCUT2D eigenvalue weighted by Gasteiger charge is -2.44. The second-order valence-electron chi connectivity index (χ2n) is 12.5. The number of nitrogens with zero attached hydrogens (tertiary/aromatic N) is 1. The highest BCUT2D eigenvalue weighted by molar-refractivity contribution is 7.99. The quantitative estimate of drug-likeness (QED) is 0.197. The van der Waals surface area contributed by atoms with Gasteiger partial charge in [0.05, 0.1) is 32.7 Å². The number of hydrogen-bond donors (Lipinski definition) is 2. The summed E-state index contributed by atoms with van der Waals surface area (Å²) in [5, 5.41) is 4.35. The summed E-state index contributed by atoms with van der Waals surface area (Å²) in [6.45, 7) is 6.86. The lowest BCUT2D eigenvalue weighted by Crippen LogP contribution is -2.60. The van der Waals surface area contributed by atoms with Gasteiger partial charge in [-0.3, -0.25) is 9.59 Å². The lowest BCUT2D eigenvalue weighted by atomic mass is 9.87. The number of anilines is 1. The number of hydrogen-bond acceptors (Lipinski definition) is 6. The Balaban J connectivity index is 1.33. The minimum Gasteiger partial charge on any atom is -0.497 e. The molecule has 1 saturated heterocycles. The molecule has 6 rings (SSSR count). The van der Waals surface area contributed by atoms with E-state index in [4.69, 9.17) is 13.9 Å². The molecule has 232 valence electrons. The summed E-state index contributed by atoms with van der Waals surface area (Å²) < 4.78 is 16.7. The molecule has 2 atom stereocenters. The Labute approximate surface area is 262 Å². The molecule has 2 aliphatic rings. The van der Waals surface area contributed by atoms with E-state index in [1.165, 1.54) is 10.9 Å². The van der Waals surface area contributed by atoms with Gasteiger partial charge in [-0.2, -0.15) is 11.8 Å². The third-order valence-corrected chi connectivity index (χ3v) is 10.8. The molecule has 2 aromatic heterocycles. The van der Waals surface area contributed by atoms with Gasteiger partial charge in [0.1, 0.15) is 22.8 Å². The van der Waals surface area contributed by atoms with Crippen LogP contribution in [0.25, 0.3) is 10.9 Å². The molecule has 1 aliphatic heterocycles. The van der Waals surface area contributed by atoms with Crippen molar-refractivity contribution >= 4 is 40.2 Å². The van der Waals surface area contributed by atoms with Crippen molar-refractivity contribution in [3.8, 4) is 11.5 Å². The number of fused-ring (bicyclic) bond motifs is 1. The van der Waals surface area contributed by atoms with Gasteiger partial charge in [0.15, 0.2) is 0 Å². The summed E-state index contributed by atoms with van der Waals surface area (Å²) in [6.07, 6.45) is 3.07. The van der Waals surface area contributed by atoms with Crippen molar-refractivity contribution in [2.45, 2.75) is 58.0 Å². The molecule has 0 radical (unpaired) electrons. The number of para-hydroxylation sites is 1. The predicted octanol–water partition coefficient (Wildman–Crippen LogP) is 7.15. The Morgan fingerprint density at radius 1 is 1.07 bits per heavy atom. The Bertz CT molecular complexity index is 1650. The van der Waals surface area contributed by atoms with E-state index in [0.717, 1.165) is 22.7 Å². The van der Waals surface area contributed by atoms with Crippen molar-refractivity contribution in [1.29, 1.82) is 0 Å². The fourth-order valence-electron chi connectivity index (χ4n) is 7.20. The zero-order chi connectivity index (χ0) is 31.1. The van der Waals surface area contributed by atoms with Gasteiger partial charge >= 0.3 is 0 Å². The number of H-pyrrole nitrogens is 1. The van der Waals surface area contributed by atoms with E-state index in [-0.39, 0.29) is 35.6 Å². The topological polar surface area (TPSA) is 96.8 Å². The van der Waals surface area contributed by atoms with Crippen LogP contribution in [0, 0.1) is 18.3 Å². The van der Waals surface area contributed by atoms with Crippen molar-refractivity contribution in [1.82, 2.24) is 9.88 Å². The van der Waals surface area contributed by atoms with Crippen LogP contribution in [-0.4, -0.2) is 53.0 Å². The van der Waals surface area contributed by atoms with E-state index in [1.807, 2.05) is 34.9 Å². The molecule has 44 heavy (non-hydrogen) atoms. The van der Waals surface area contributed by atoms with Gasteiger partial charge in [-0.05, 0) is 84.4 Å². The highest BCUT2D eigenvalue weighted by atomic mass is 32.2. The molecular weight excluding hydrogens is 574 g/mol. The zero-order valence-corrected chi connectivity index (χ0v) is 26.9. The molecule has 2 N–H and O–H groups in total. The smallest absolute Gasteiger partial charge is 0.250 e. The molecule has 0 unspecified atom stereocenters. The summed E-state index contributed by atoms with van der Waals surface area (Å²) >= 11 is 1.81. The average molecular weight is 616 g/mol. The van der Waals surface area contributed by atoms with Crippen molar-refractivity contribution < 1.29 is 23.5 Å². The van der Waals surface area contributed by atoms with Crippen LogP contribution in [0.2, 0.25) is 0 Å². The first-order valence-electron chi connectivity index (χ1n) is 15.2. The van der Waals surface area contributed by atoms with Gasteiger partial charge in [-0.1, -0.05) is 32.0 Å². The van der Waals surface area contributed by atoms with E-state index < -0.39 is 5.54 Å². The highest BCUT2D eigenvalue weighted by Gasteiger charge is 2.60. The fourth-order valence-corrected chi connectivity index (χ4v) is 8.37. The second kappa shape index (κ2) is 11.9. The molecule has 1 aliphatic carbocycles. The Morgan fingerprint density at radius 3 is 2.55 bits per heavy atom. The number of furan rings is 1. The van der Waals surface area contributed by atoms with Crippen molar-refractivity contribution in [2.75, 3.05) is 31.0 Å². The molecule has 3 heterocycles. The molecule has 1 saturated carbocycles. The summed E-state index contributed by atoms with van der Waals surface area (Å²) in [4.78, 5) is 34.4. The van der Waals surface area contributed by atoms with E-state index in [0.29, 0.717) is 42.2 Å². The second-order valence-corrected chi connectivity index (χ2v) is 13.8. The van der Waals surface area contributed by atoms with Gasteiger partial charge in [-0.15, -0.1) is 0 Å². The minimum atomic E-state index is -1.04. The number of rotatable bonds is 10. The summed E-state index contributed by atoms with van der Waals surface area (Å²) in [6, 6.07) is 17.4. The summed E-state index contributed by atoms with van der Waals surface area (Å²) in [5.74, 6) is 3.50. The third kappa shape index (κ3) is 5.36. The minimum absolute atomic E-state index is 0.0248. The average Bonchev–Trinajstić information content (AvgIpc) is 3.40. The summed E-state index contributed by atoms with van der Waals surface area (Å²) in [7, 11) is 3.15. The number of aromatic amines is 1. The van der Waals surface area contributed by atoms with Gasteiger partial charge in [0.25, 0.3) is 5.91 Å². The molecular formula is C35H41N3O5S. The largest absolute Gasteiger partial charge is 0.497 e. The van der Waals surface area contributed by atoms with Crippen LogP contribution in [0.3, 0.4) is 0 Å². The van der Waals surface area contributed by atoms with E-state index >= 15 is 0 Å². The maximum atomic E-state index is 14.6. The first-order chi connectivity index (χ1) is 21.2. The molecule has 2 aromatic carbocycles. The normalized spacial score (nSPS) is 20.2. The van der Waals surface area contributed by atoms with E-state index in [9.17, 15) is 9.59 Å². The van der Waals surface area contributed by atoms with Crippen LogP contribution in [0.4, 0.5) is 5.69 Å². The number of benzene rings is 2.